The lowest BCUT2D eigenvalue weighted by molar-refractivity contribution is 0.540. The largest absolute Gasteiger partial charge is 0.437 e. The number of rotatable bonds is 3. The van der Waals surface area contributed by atoms with Gasteiger partial charge in [-0.05, 0) is 48.8 Å². The molecule has 0 atom stereocenters. The predicted octanol–water partition coefficient (Wildman–Crippen LogP) is 3.74. The Bertz CT molecular complexity index is 866. The van der Waals surface area contributed by atoms with E-state index < -0.39 is 16.0 Å². The molecule has 0 heterocycles. The molecule has 8 heteroatoms. The van der Waals surface area contributed by atoms with Gasteiger partial charge in [0.05, 0.1) is 4.90 Å². The Labute approximate surface area is 133 Å². The molecule has 0 aliphatic heterocycles. The molecule has 0 aliphatic rings. The molecule has 7 nitrogen and oxygen atoms in total. The molecule has 0 spiro atoms. The molecular formula is C15H14N4O3S. The highest BCUT2D eigenvalue weighted by Gasteiger charge is 2.15. The fraction of sp³-hybridized carbons (Fsp3) is 0.133. The molecule has 0 radical (unpaired) electrons. The average molecular weight is 330 g/mol. The van der Waals surface area contributed by atoms with Crippen molar-refractivity contribution in [3.05, 3.63) is 70.1 Å². The van der Waals surface area contributed by atoms with Crippen LogP contribution in [0.5, 0.6) is 5.75 Å². The zero-order valence-corrected chi connectivity index (χ0v) is 13.4. The highest BCUT2D eigenvalue weighted by molar-refractivity contribution is 7.90. The number of hydrogen-bond donors (Lipinski definition) is 0. The van der Waals surface area contributed by atoms with Crippen molar-refractivity contribution < 1.29 is 13.2 Å². The van der Waals surface area contributed by atoms with E-state index in [0.29, 0.717) is 5.75 Å². The zero-order chi connectivity index (χ0) is 16.9. The van der Waals surface area contributed by atoms with E-state index in [1.165, 1.54) is 12.1 Å². The van der Waals surface area contributed by atoms with E-state index in [1.807, 2.05) is 13.8 Å². The van der Waals surface area contributed by atoms with E-state index in [9.17, 15) is 8.42 Å². The summed E-state index contributed by atoms with van der Waals surface area (Å²) in [6.07, 6.45) is 0. The van der Waals surface area contributed by atoms with Crippen LogP contribution >= 0.6 is 0 Å². The SMILES string of the molecule is Cc1ccc(O/C(N=[N+]=[N-])=N\S(=O)(=O)c2ccc(C)cc2)cc1. The molecule has 2 aromatic rings. The van der Waals surface area contributed by atoms with Gasteiger partial charge >= 0.3 is 0 Å². The lowest BCUT2D eigenvalue weighted by Crippen LogP contribution is -2.09. The van der Waals surface area contributed by atoms with Gasteiger partial charge < -0.3 is 4.74 Å². The third kappa shape index (κ3) is 4.57. The molecule has 118 valence electrons. The second kappa shape index (κ2) is 6.95. The number of hydrogen-bond acceptors (Lipinski definition) is 3. The van der Waals surface area contributed by atoms with Crippen molar-refractivity contribution in [2.24, 2.45) is 9.51 Å². The fourth-order valence-corrected chi connectivity index (χ4v) is 2.54. The molecule has 0 fully saturated rings. The Morgan fingerprint density at radius 2 is 1.52 bits per heavy atom. The maximum atomic E-state index is 12.2. The van der Waals surface area contributed by atoms with Gasteiger partial charge in [-0.1, -0.05) is 35.4 Å². The van der Waals surface area contributed by atoms with Gasteiger partial charge in [-0.25, -0.2) is 0 Å². The molecule has 0 unspecified atom stereocenters. The van der Waals surface area contributed by atoms with Crippen LogP contribution in [0.25, 0.3) is 10.4 Å². The molecule has 0 saturated carbocycles. The molecule has 2 aromatic carbocycles. The van der Waals surface area contributed by atoms with Crippen molar-refractivity contribution in [1.29, 1.82) is 0 Å². The molecule has 0 N–H and O–H groups in total. The highest BCUT2D eigenvalue weighted by atomic mass is 32.2. The van der Waals surface area contributed by atoms with E-state index in [2.05, 4.69) is 14.4 Å². The van der Waals surface area contributed by atoms with E-state index >= 15 is 0 Å². The van der Waals surface area contributed by atoms with Crippen molar-refractivity contribution >= 4 is 16.0 Å². The maximum Gasteiger partial charge on any atom is 0.295 e. The topological polar surface area (TPSA) is 104 Å². The van der Waals surface area contributed by atoms with Crippen molar-refractivity contribution in [3.8, 4) is 5.75 Å². The average Bonchev–Trinajstić information content (AvgIpc) is 2.50. The van der Waals surface area contributed by atoms with Gasteiger partial charge in [0.2, 0.25) is 0 Å². The Morgan fingerprint density at radius 1 is 1.00 bits per heavy atom. The van der Waals surface area contributed by atoms with Crippen molar-refractivity contribution in [3.63, 3.8) is 0 Å². The first-order valence-electron chi connectivity index (χ1n) is 6.62. The number of nitrogens with zero attached hydrogens (tertiary/aromatic N) is 4. The number of benzene rings is 2. The number of aryl methyl sites for hydroxylation is 2. The summed E-state index contributed by atoms with van der Waals surface area (Å²) in [4.78, 5) is 2.53. The van der Waals surface area contributed by atoms with Crippen LogP contribution in [0.3, 0.4) is 0 Å². The van der Waals surface area contributed by atoms with Gasteiger partial charge in [-0.15, -0.1) is 4.40 Å². The van der Waals surface area contributed by atoms with E-state index in [0.717, 1.165) is 11.1 Å². The summed E-state index contributed by atoms with van der Waals surface area (Å²) in [5.41, 5.74) is 10.5. The van der Waals surface area contributed by atoms with Crippen LogP contribution in [0, 0.1) is 13.8 Å². The smallest absolute Gasteiger partial charge is 0.295 e. The lowest BCUT2D eigenvalue weighted by atomic mass is 10.2. The normalized spacial score (nSPS) is 11.7. The number of azide groups is 1. The summed E-state index contributed by atoms with van der Waals surface area (Å²) in [6, 6.07) is 12.4. The van der Waals surface area contributed by atoms with Gasteiger partial charge in [-0.2, -0.15) is 8.42 Å². The molecule has 0 amide bonds. The molecule has 0 aliphatic carbocycles. The minimum atomic E-state index is -4.03. The summed E-state index contributed by atoms with van der Waals surface area (Å²) in [7, 11) is -4.03. The summed E-state index contributed by atoms with van der Waals surface area (Å²) >= 11 is 0. The van der Waals surface area contributed by atoms with Crippen LogP contribution in [0.4, 0.5) is 0 Å². The van der Waals surface area contributed by atoms with Crippen molar-refractivity contribution in [2.45, 2.75) is 18.7 Å². The van der Waals surface area contributed by atoms with Crippen LogP contribution in [0.1, 0.15) is 11.1 Å². The summed E-state index contributed by atoms with van der Waals surface area (Å²) < 4.78 is 33.1. The minimum absolute atomic E-state index is 0.0127. The Morgan fingerprint density at radius 3 is 2.04 bits per heavy atom. The summed E-state index contributed by atoms with van der Waals surface area (Å²) in [5, 5.41) is 3.20. The van der Waals surface area contributed by atoms with Gasteiger partial charge in [0.25, 0.3) is 16.0 Å². The second-order valence-electron chi connectivity index (χ2n) is 4.77. The molecule has 2 rings (SSSR count). The van der Waals surface area contributed by atoms with Gasteiger partial charge in [-0.3, -0.25) is 0 Å². The third-order valence-electron chi connectivity index (χ3n) is 2.88. The second-order valence-corrected chi connectivity index (χ2v) is 6.37. The van der Waals surface area contributed by atoms with E-state index in [1.54, 1.807) is 36.4 Å². The van der Waals surface area contributed by atoms with Crippen LogP contribution in [0.15, 0.2) is 62.9 Å². The van der Waals surface area contributed by atoms with Crippen LogP contribution in [-0.4, -0.2) is 14.4 Å². The van der Waals surface area contributed by atoms with E-state index in [-0.39, 0.29) is 4.90 Å². The van der Waals surface area contributed by atoms with Gasteiger partial charge in [0.15, 0.2) is 0 Å². The number of sulfonamides is 1. The molecule has 0 saturated heterocycles. The summed E-state index contributed by atoms with van der Waals surface area (Å²) in [5.74, 6) is 0.320. The third-order valence-corrected chi connectivity index (χ3v) is 4.14. The molecule has 0 bridgehead atoms. The van der Waals surface area contributed by atoms with Crippen LogP contribution in [0.2, 0.25) is 0 Å². The Balaban J connectivity index is 2.35. The zero-order valence-electron chi connectivity index (χ0n) is 12.5. The molecular weight excluding hydrogens is 316 g/mol. The Hall–Kier alpha value is -2.83. The fourth-order valence-electron chi connectivity index (χ4n) is 1.67. The predicted molar refractivity (Wildman–Crippen MR) is 86.8 cm³/mol. The standard InChI is InChI=1S/C15H14N4O3S/c1-11-3-7-13(8-4-11)22-15(17-19-16)18-23(20,21)14-9-5-12(2)6-10-14/h3-10H,1-2H3/b18-15-. The monoisotopic (exact) mass is 330 g/mol. The first-order chi connectivity index (χ1) is 10.9. The quantitative estimate of drug-likeness (QED) is 0.281. The van der Waals surface area contributed by atoms with Crippen molar-refractivity contribution in [1.82, 2.24) is 0 Å². The first kappa shape index (κ1) is 16.5. The van der Waals surface area contributed by atoms with E-state index in [4.69, 9.17) is 10.3 Å². The Kier molecular flexibility index (Phi) is 5.00. The van der Waals surface area contributed by atoms with Gasteiger partial charge in [0.1, 0.15) is 5.75 Å². The highest BCUT2D eigenvalue weighted by Crippen LogP contribution is 2.16. The van der Waals surface area contributed by atoms with Crippen LogP contribution in [-0.2, 0) is 10.0 Å². The van der Waals surface area contributed by atoms with Crippen molar-refractivity contribution in [2.75, 3.05) is 0 Å². The maximum absolute atomic E-state index is 12.2. The number of amidine groups is 1. The minimum Gasteiger partial charge on any atom is -0.437 e. The lowest BCUT2D eigenvalue weighted by Gasteiger charge is -2.05. The number of ether oxygens (including phenoxy) is 1. The van der Waals surface area contributed by atoms with Gasteiger partial charge in [0, 0.05) is 4.91 Å². The first-order valence-corrected chi connectivity index (χ1v) is 8.06. The summed E-state index contributed by atoms with van der Waals surface area (Å²) in [6.45, 7) is 3.74. The molecule has 23 heavy (non-hydrogen) atoms. The van der Waals surface area contributed by atoms with Crippen LogP contribution < -0.4 is 4.74 Å². The molecule has 0 aromatic heterocycles.